The van der Waals surface area contributed by atoms with Crippen molar-refractivity contribution in [2.45, 2.75) is 38.1 Å². The van der Waals surface area contributed by atoms with E-state index in [1.54, 1.807) is 12.4 Å². The van der Waals surface area contributed by atoms with Crippen LogP contribution in [0, 0.1) is 0 Å². The number of unbranched alkanes of at least 4 members (excludes halogenated alkanes) is 3. The van der Waals surface area contributed by atoms with Crippen LogP contribution in [0.5, 0.6) is 0 Å². The minimum absolute atomic E-state index is 0.101. The van der Waals surface area contributed by atoms with Crippen LogP contribution in [0.25, 0.3) is 0 Å². The zero-order chi connectivity index (χ0) is 10.9. The van der Waals surface area contributed by atoms with Crippen molar-refractivity contribution in [2.75, 3.05) is 0 Å². The maximum absolute atomic E-state index is 6.02. The Morgan fingerprint density at radius 3 is 2.87 bits per heavy atom. The summed E-state index contributed by atoms with van der Waals surface area (Å²) in [5.41, 5.74) is 7.10. The predicted molar refractivity (Wildman–Crippen MR) is 62.2 cm³/mol. The van der Waals surface area contributed by atoms with Gasteiger partial charge in [-0.1, -0.05) is 18.9 Å². The first kappa shape index (κ1) is 11.9. The smallest absolute Gasteiger partial charge is 0.0543 e. The molecule has 1 atom stereocenters. The van der Waals surface area contributed by atoms with Gasteiger partial charge in [-0.15, -0.1) is 6.58 Å². The second-order valence-corrected chi connectivity index (χ2v) is 3.71. The monoisotopic (exact) mass is 205 g/mol. The van der Waals surface area contributed by atoms with Crippen LogP contribution in [-0.4, -0.2) is 10.2 Å². The second kappa shape index (κ2) is 7.12. The highest BCUT2D eigenvalue weighted by Gasteiger charge is 2.04. The first-order valence-corrected chi connectivity index (χ1v) is 5.47. The Morgan fingerprint density at radius 1 is 1.33 bits per heavy atom. The van der Waals surface area contributed by atoms with Crippen molar-refractivity contribution in [3.8, 4) is 0 Å². The van der Waals surface area contributed by atoms with Gasteiger partial charge < -0.3 is 5.73 Å². The van der Waals surface area contributed by atoms with E-state index >= 15 is 0 Å². The SMILES string of the molecule is C=CCCCCCC(N)c1ccnnc1. The summed E-state index contributed by atoms with van der Waals surface area (Å²) in [6, 6.07) is 2.03. The van der Waals surface area contributed by atoms with Gasteiger partial charge in [-0.05, 0) is 30.9 Å². The molecule has 15 heavy (non-hydrogen) atoms. The molecule has 3 heteroatoms. The predicted octanol–water partition coefficient (Wildman–Crippen LogP) is 2.61. The van der Waals surface area contributed by atoms with Crippen LogP contribution in [-0.2, 0) is 0 Å². The molecule has 3 nitrogen and oxygen atoms in total. The van der Waals surface area contributed by atoms with Gasteiger partial charge in [-0.2, -0.15) is 10.2 Å². The largest absolute Gasteiger partial charge is 0.324 e. The molecule has 0 aliphatic carbocycles. The number of hydrogen-bond acceptors (Lipinski definition) is 3. The number of nitrogens with two attached hydrogens (primary N) is 1. The minimum atomic E-state index is 0.101. The van der Waals surface area contributed by atoms with Crippen molar-refractivity contribution in [3.05, 3.63) is 36.7 Å². The van der Waals surface area contributed by atoms with Gasteiger partial charge in [0.15, 0.2) is 0 Å². The molecule has 0 saturated heterocycles. The lowest BCUT2D eigenvalue weighted by Crippen LogP contribution is -2.10. The Labute approximate surface area is 91.4 Å². The van der Waals surface area contributed by atoms with Crippen LogP contribution in [0.2, 0.25) is 0 Å². The molecule has 0 bridgehead atoms. The van der Waals surface area contributed by atoms with Crippen LogP contribution in [0.4, 0.5) is 0 Å². The molecule has 1 aromatic heterocycles. The summed E-state index contributed by atoms with van der Waals surface area (Å²) in [5.74, 6) is 0. The lowest BCUT2D eigenvalue weighted by Gasteiger charge is -2.10. The van der Waals surface area contributed by atoms with Crippen molar-refractivity contribution < 1.29 is 0 Å². The van der Waals surface area contributed by atoms with Crippen molar-refractivity contribution in [2.24, 2.45) is 5.73 Å². The van der Waals surface area contributed by atoms with Crippen LogP contribution in [0.1, 0.15) is 43.7 Å². The molecule has 0 aliphatic rings. The Kier molecular flexibility index (Phi) is 5.63. The van der Waals surface area contributed by atoms with Gasteiger partial charge in [0.05, 0.1) is 6.20 Å². The number of allylic oxidation sites excluding steroid dienone is 1. The molecule has 82 valence electrons. The van der Waals surface area contributed by atoms with Crippen molar-refractivity contribution >= 4 is 0 Å². The Hall–Kier alpha value is -1.22. The van der Waals surface area contributed by atoms with E-state index in [0.717, 1.165) is 24.8 Å². The summed E-state index contributed by atoms with van der Waals surface area (Å²) < 4.78 is 0. The first-order valence-electron chi connectivity index (χ1n) is 5.47. The highest BCUT2D eigenvalue weighted by atomic mass is 15.1. The zero-order valence-electron chi connectivity index (χ0n) is 9.10. The van der Waals surface area contributed by atoms with Crippen molar-refractivity contribution in [3.63, 3.8) is 0 Å². The Balaban J connectivity index is 2.19. The van der Waals surface area contributed by atoms with E-state index in [0.29, 0.717) is 0 Å². The molecular weight excluding hydrogens is 186 g/mol. The van der Waals surface area contributed by atoms with E-state index < -0.39 is 0 Å². The van der Waals surface area contributed by atoms with Gasteiger partial charge in [-0.25, -0.2) is 0 Å². The van der Waals surface area contributed by atoms with Crippen LogP contribution < -0.4 is 5.73 Å². The first-order chi connectivity index (χ1) is 7.34. The number of hydrogen-bond donors (Lipinski definition) is 1. The third-order valence-electron chi connectivity index (χ3n) is 2.46. The summed E-state index contributed by atoms with van der Waals surface area (Å²) in [4.78, 5) is 0. The lowest BCUT2D eigenvalue weighted by atomic mass is 10.0. The van der Waals surface area contributed by atoms with E-state index in [1.165, 1.54) is 12.8 Å². The van der Waals surface area contributed by atoms with Gasteiger partial charge in [0.2, 0.25) is 0 Å². The molecule has 1 rings (SSSR count). The van der Waals surface area contributed by atoms with Crippen LogP contribution in [0.15, 0.2) is 31.1 Å². The average Bonchev–Trinajstić information content (AvgIpc) is 2.30. The van der Waals surface area contributed by atoms with Gasteiger partial charge >= 0.3 is 0 Å². The molecule has 0 radical (unpaired) electrons. The number of rotatable bonds is 7. The summed E-state index contributed by atoms with van der Waals surface area (Å²) in [6.45, 7) is 3.70. The molecule has 0 aliphatic heterocycles. The zero-order valence-corrected chi connectivity index (χ0v) is 9.10. The summed E-state index contributed by atoms with van der Waals surface area (Å²) in [6.07, 6.45) is 11.1. The maximum Gasteiger partial charge on any atom is 0.0543 e. The van der Waals surface area contributed by atoms with Gasteiger partial charge in [-0.3, -0.25) is 0 Å². The van der Waals surface area contributed by atoms with E-state index in [9.17, 15) is 0 Å². The molecule has 1 heterocycles. The maximum atomic E-state index is 6.02. The molecule has 0 amide bonds. The molecule has 0 spiro atoms. The highest BCUT2D eigenvalue weighted by molar-refractivity contribution is 5.10. The fourth-order valence-electron chi connectivity index (χ4n) is 1.52. The van der Waals surface area contributed by atoms with Crippen LogP contribution >= 0.6 is 0 Å². The fourth-order valence-corrected chi connectivity index (χ4v) is 1.52. The highest BCUT2D eigenvalue weighted by Crippen LogP contribution is 2.15. The quantitative estimate of drug-likeness (QED) is 0.550. The van der Waals surface area contributed by atoms with Crippen molar-refractivity contribution in [1.82, 2.24) is 10.2 Å². The summed E-state index contributed by atoms with van der Waals surface area (Å²) in [5, 5.41) is 7.55. The number of nitrogens with zero attached hydrogens (tertiary/aromatic N) is 2. The fraction of sp³-hybridized carbons (Fsp3) is 0.500. The van der Waals surface area contributed by atoms with E-state index in [4.69, 9.17) is 5.73 Å². The molecule has 2 N–H and O–H groups in total. The van der Waals surface area contributed by atoms with Crippen LogP contribution in [0.3, 0.4) is 0 Å². The van der Waals surface area contributed by atoms with Crippen molar-refractivity contribution in [1.29, 1.82) is 0 Å². The third-order valence-corrected chi connectivity index (χ3v) is 2.46. The normalized spacial score (nSPS) is 12.3. The molecular formula is C12H19N3. The van der Waals surface area contributed by atoms with E-state index in [1.807, 2.05) is 12.1 Å². The summed E-state index contributed by atoms with van der Waals surface area (Å²) >= 11 is 0. The average molecular weight is 205 g/mol. The van der Waals surface area contributed by atoms with E-state index in [2.05, 4.69) is 16.8 Å². The van der Waals surface area contributed by atoms with Gasteiger partial charge in [0.25, 0.3) is 0 Å². The molecule has 0 fully saturated rings. The van der Waals surface area contributed by atoms with E-state index in [-0.39, 0.29) is 6.04 Å². The topological polar surface area (TPSA) is 51.8 Å². The lowest BCUT2D eigenvalue weighted by molar-refractivity contribution is 0.570. The Morgan fingerprint density at radius 2 is 2.20 bits per heavy atom. The van der Waals surface area contributed by atoms with Gasteiger partial charge in [0, 0.05) is 12.2 Å². The second-order valence-electron chi connectivity index (χ2n) is 3.71. The molecule has 1 aromatic rings. The molecule has 0 saturated carbocycles. The summed E-state index contributed by atoms with van der Waals surface area (Å²) in [7, 11) is 0. The minimum Gasteiger partial charge on any atom is -0.324 e. The third kappa shape index (κ3) is 4.70. The Bertz CT molecular complexity index is 271. The standard InChI is InChI=1S/C12H19N3/c1-2-3-4-5-6-7-12(13)11-8-9-14-15-10-11/h2,8-10,12H,1,3-7,13H2. The number of aromatic nitrogens is 2. The molecule has 1 unspecified atom stereocenters. The van der Waals surface area contributed by atoms with Gasteiger partial charge in [0.1, 0.15) is 0 Å². The molecule has 0 aromatic carbocycles.